The number of hydrogen-bond acceptors (Lipinski definition) is 2. The summed E-state index contributed by atoms with van der Waals surface area (Å²) >= 11 is 0. The first-order chi connectivity index (χ1) is 12.3. The Hall–Kier alpha value is -1.06. The van der Waals surface area contributed by atoms with E-state index in [0.717, 1.165) is 38.8 Å². The van der Waals surface area contributed by atoms with Crippen molar-refractivity contribution in [1.82, 2.24) is 9.80 Å². The van der Waals surface area contributed by atoms with Crippen LogP contribution in [0.1, 0.15) is 86.5 Å². The number of fused-ring (bicyclic) bond motifs is 4. The number of rotatable bonds is 2. The molecule has 0 unspecified atom stereocenters. The van der Waals surface area contributed by atoms with E-state index >= 15 is 0 Å². The minimum Gasteiger partial charge on any atom is -0.339 e. The van der Waals surface area contributed by atoms with E-state index in [1.165, 1.54) is 12.8 Å². The van der Waals surface area contributed by atoms with Crippen molar-refractivity contribution in [2.45, 2.75) is 98.6 Å². The van der Waals surface area contributed by atoms with Gasteiger partial charge in [0.2, 0.25) is 11.8 Å². The number of nitrogens with zero attached hydrogens (tertiary/aromatic N) is 2. The van der Waals surface area contributed by atoms with E-state index in [0.29, 0.717) is 22.9 Å². The molecular weight excluding hydrogens is 336 g/mol. The van der Waals surface area contributed by atoms with Gasteiger partial charge < -0.3 is 9.80 Å². The fraction of sp³-hybridized carbons (Fsp3) is 0.913. The zero-order chi connectivity index (χ0) is 19.8. The van der Waals surface area contributed by atoms with Gasteiger partial charge in [-0.15, -0.1) is 0 Å². The van der Waals surface area contributed by atoms with E-state index in [9.17, 15) is 9.59 Å². The summed E-state index contributed by atoms with van der Waals surface area (Å²) in [4.78, 5) is 30.3. The number of hydrogen-bond donors (Lipinski definition) is 0. The number of likely N-dealkylation sites (tertiary alicyclic amines) is 2. The first kappa shape index (κ1) is 19.3. The van der Waals surface area contributed by atoms with Gasteiger partial charge in [-0.1, -0.05) is 41.5 Å². The van der Waals surface area contributed by atoms with E-state index in [1.54, 1.807) is 0 Å². The Kier molecular flexibility index (Phi) is 4.09. The number of carbonyl (C=O) groups is 2. The van der Waals surface area contributed by atoms with Gasteiger partial charge in [-0.25, -0.2) is 0 Å². The predicted molar refractivity (Wildman–Crippen MR) is 107 cm³/mol. The van der Waals surface area contributed by atoms with Crippen molar-refractivity contribution >= 4 is 11.8 Å². The molecule has 0 aromatic heterocycles. The molecule has 4 aliphatic rings. The lowest BCUT2D eigenvalue weighted by Crippen LogP contribution is -2.42. The molecular formula is C23H38N2O2. The van der Waals surface area contributed by atoms with Gasteiger partial charge in [-0.05, 0) is 60.2 Å². The van der Waals surface area contributed by atoms with Crippen LogP contribution in [-0.2, 0) is 9.59 Å². The van der Waals surface area contributed by atoms with Crippen molar-refractivity contribution < 1.29 is 9.59 Å². The third-order valence-electron chi connectivity index (χ3n) is 7.77. The second kappa shape index (κ2) is 5.73. The summed E-state index contributed by atoms with van der Waals surface area (Å²) in [5.41, 5.74) is 1.05. The molecule has 0 spiro atoms. The Morgan fingerprint density at radius 2 is 1.07 bits per heavy atom. The van der Waals surface area contributed by atoms with Gasteiger partial charge in [0.15, 0.2) is 0 Å². The summed E-state index contributed by atoms with van der Waals surface area (Å²) in [7, 11) is 0. The zero-order valence-corrected chi connectivity index (χ0v) is 18.2. The molecule has 4 heteroatoms. The van der Waals surface area contributed by atoms with Crippen LogP contribution in [0.15, 0.2) is 0 Å². The van der Waals surface area contributed by atoms with E-state index in [4.69, 9.17) is 0 Å². The maximum atomic E-state index is 13.1. The molecule has 0 radical (unpaired) electrons. The maximum absolute atomic E-state index is 13.1. The van der Waals surface area contributed by atoms with Gasteiger partial charge >= 0.3 is 0 Å². The lowest BCUT2D eigenvalue weighted by molar-refractivity contribution is -0.141. The average molecular weight is 375 g/mol. The highest BCUT2D eigenvalue weighted by atomic mass is 16.2. The molecule has 4 nitrogen and oxygen atoms in total. The lowest BCUT2D eigenvalue weighted by atomic mass is 9.65. The van der Waals surface area contributed by atoms with Crippen molar-refractivity contribution in [3.8, 4) is 0 Å². The normalized spacial score (nSPS) is 41.7. The number of carbonyl (C=O) groups excluding carboxylic acids is 2. The third-order valence-corrected chi connectivity index (χ3v) is 7.77. The molecule has 0 aromatic carbocycles. The van der Waals surface area contributed by atoms with Crippen molar-refractivity contribution in [2.24, 2.45) is 21.7 Å². The Bertz CT molecular complexity index is 613. The number of amides is 2. The van der Waals surface area contributed by atoms with E-state index in [2.05, 4.69) is 51.3 Å². The van der Waals surface area contributed by atoms with Gasteiger partial charge in [0.25, 0.3) is 0 Å². The van der Waals surface area contributed by atoms with Crippen LogP contribution in [-0.4, -0.2) is 46.8 Å². The molecule has 2 saturated carbocycles. The highest BCUT2D eigenvalue weighted by molar-refractivity contribution is 5.97. The molecule has 2 aliphatic heterocycles. The van der Waals surface area contributed by atoms with Gasteiger partial charge in [-0.2, -0.15) is 0 Å². The van der Waals surface area contributed by atoms with Crippen molar-refractivity contribution in [3.63, 3.8) is 0 Å². The SMILES string of the molecule is CC1(C)C[C@H]2C[C@@](C)(CN2C(=O)CC(=O)N2C[C@@]3(C)C[C@@H]2CC(C)(C)C3)C1. The quantitative estimate of drug-likeness (QED) is 0.679. The van der Waals surface area contributed by atoms with E-state index in [1.807, 2.05) is 0 Å². The van der Waals surface area contributed by atoms with Crippen LogP contribution >= 0.6 is 0 Å². The van der Waals surface area contributed by atoms with E-state index in [-0.39, 0.29) is 29.1 Å². The molecule has 2 saturated heterocycles. The first-order valence-corrected chi connectivity index (χ1v) is 10.9. The van der Waals surface area contributed by atoms with Gasteiger partial charge in [-0.3, -0.25) is 9.59 Å². The van der Waals surface area contributed by atoms with Crippen LogP contribution in [0.2, 0.25) is 0 Å². The Labute approximate surface area is 165 Å². The monoisotopic (exact) mass is 374 g/mol. The highest BCUT2D eigenvalue weighted by Gasteiger charge is 2.53. The molecule has 2 amide bonds. The fourth-order valence-corrected chi connectivity index (χ4v) is 7.84. The molecule has 4 fully saturated rings. The molecule has 4 atom stereocenters. The summed E-state index contributed by atoms with van der Waals surface area (Å²) in [6, 6.07) is 0.654. The zero-order valence-electron chi connectivity index (χ0n) is 18.2. The first-order valence-electron chi connectivity index (χ1n) is 10.9. The molecule has 2 heterocycles. The summed E-state index contributed by atoms with van der Waals surface area (Å²) in [6.45, 7) is 15.6. The minimum absolute atomic E-state index is 0.0669. The summed E-state index contributed by atoms with van der Waals surface area (Å²) < 4.78 is 0. The third kappa shape index (κ3) is 3.53. The molecule has 152 valence electrons. The summed E-state index contributed by atoms with van der Waals surface area (Å²) in [6.07, 6.45) is 6.78. The summed E-state index contributed by atoms with van der Waals surface area (Å²) in [5, 5.41) is 0. The van der Waals surface area contributed by atoms with Crippen LogP contribution in [0.4, 0.5) is 0 Å². The molecule has 0 aromatic rings. The maximum Gasteiger partial charge on any atom is 0.232 e. The van der Waals surface area contributed by atoms with Crippen LogP contribution in [0.3, 0.4) is 0 Å². The average Bonchev–Trinajstić information content (AvgIpc) is 2.86. The Morgan fingerprint density at radius 1 is 0.704 bits per heavy atom. The fourth-order valence-electron chi connectivity index (χ4n) is 7.84. The van der Waals surface area contributed by atoms with Crippen LogP contribution in [0.5, 0.6) is 0 Å². The van der Waals surface area contributed by atoms with Crippen molar-refractivity contribution in [3.05, 3.63) is 0 Å². The molecule has 2 aliphatic carbocycles. The lowest BCUT2D eigenvalue weighted by Gasteiger charge is -2.39. The predicted octanol–water partition coefficient (Wildman–Crippen LogP) is 4.23. The largest absolute Gasteiger partial charge is 0.339 e. The Balaban J connectivity index is 1.43. The van der Waals surface area contributed by atoms with Crippen molar-refractivity contribution in [1.29, 1.82) is 0 Å². The van der Waals surface area contributed by atoms with Gasteiger partial charge in [0.1, 0.15) is 6.42 Å². The van der Waals surface area contributed by atoms with Crippen LogP contribution in [0, 0.1) is 21.7 Å². The topological polar surface area (TPSA) is 40.6 Å². The highest BCUT2D eigenvalue weighted by Crippen LogP contribution is 2.54. The van der Waals surface area contributed by atoms with Crippen molar-refractivity contribution in [2.75, 3.05) is 13.1 Å². The second-order valence-corrected chi connectivity index (χ2v) is 12.6. The van der Waals surface area contributed by atoms with E-state index < -0.39 is 0 Å². The smallest absolute Gasteiger partial charge is 0.232 e. The van der Waals surface area contributed by atoms with Gasteiger partial charge in [0, 0.05) is 25.2 Å². The van der Waals surface area contributed by atoms with Crippen LogP contribution < -0.4 is 0 Å². The standard InChI is InChI=1S/C23H38N2O2/c1-20(2)8-16-10-22(5,12-20)14-24(16)18(26)7-19(27)25-15-23(6)11-17(25)9-21(3,4)13-23/h16-17H,7-15H2,1-6H3/t16-,17-,22-,23+/m0/s1. The molecule has 0 N–H and O–H groups in total. The van der Waals surface area contributed by atoms with Gasteiger partial charge in [0.05, 0.1) is 0 Å². The molecule has 4 rings (SSSR count). The van der Waals surface area contributed by atoms with Crippen LogP contribution in [0.25, 0.3) is 0 Å². The summed E-state index contributed by atoms with van der Waals surface area (Å²) in [5.74, 6) is 0.134. The Morgan fingerprint density at radius 3 is 1.44 bits per heavy atom. The molecule has 4 bridgehead atoms. The minimum atomic E-state index is 0.0669. The molecule has 27 heavy (non-hydrogen) atoms. The second-order valence-electron chi connectivity index (χ2n) is 12.6.